The Bertz CT molecular complexity index is 571. The van der Waals surface area contributed by atoms with Gasteiger partial charge in [0.25, 0.3) is 5.91 Å². The maximum absolute atomic E-state index is 12.4. The molecule has 2 rings (SSSR count). The van der Waals surface area contributed by atoms with Gasteiger partial charge < -0.3 is 15.0 Å². The predicted octanol–water partition coefficient (Wildman–Crippen LogP) is 1.70. The molecule has 2 amide bonds. The van der Waals surface area contributed by atoms with Crippen LogP contribution >= 0.6 is 0 Å². The van der Waals surface area contributed by atoms with Gasteiger partial charge in [-0.2, -0.15) is 0 Å². The number of fused-ring (bicyclic) bond motifs is 1. The van der Waals surface area contributed by atoms with Crippen LogP contribution in [0.1, 0.15) is 26.7 Å². The molecule has 21 heavy (non-hydrogen) atoms. The number of ether oxygens (including phenoxy) is 1. The van der Waals surface area contributed by atoms with Crippen molar-refractivity contribution in [2.24, 2.45) is 0 Å². The molecule has 1 aliphatic heterocycles. The normalized spacial score (nSPS) is 17.5. The summed E-state index contributed by atoms with van der Waals surface area (Å²) in [5.41, 5.74) is 1.20. The monoisotopic (exact) mass is 290 g/mol. The third-order valence-corrected chi connectivity index (χ3v) is 3.27. The van der Waals surface area contributed by atoms with Crippen molar-refractivity contribution in [2.45, 2.75) is 32.7 Å². The number of hydrogen-bond donors (Lipinski definition) is 1. The van der Waals surface area contributed by atoms with Crippen molar-refractivity contribution in [3.05, 3.63) is 24.3 Å². The highest BCUT2D eigenvalue weighted by molar-refractivity contribution is 6.05. The molecule has 0 radical (unpaired) electrons. The number of nitrogens with one attached hydrogen (secondary N) is 1. The minimum atomic E-state index is -0.423. The van der Waals surface area contributed by atoms with Gasteiger partial charge in [0.1, 0.15) is 0 Å². The summed E-state index contributed by atoms with van der Waals surface area (Å²) < 4.78 is 4.90. The quantitative estimate of drug-likeness (QED) is 0.860. The molecule has 6 nitrogen and oxygen atoms in total. The van der Waals surface area contributed by atoms with Gasteiger partial charge in [-0.1, -0.05) is 19.1 Å². The number of nitrogens with zero attached hydrogens (tertiary/aromatic N) is 1. The zero-order chi connectivity index (χ0) is 15.4. The van der Waals surface area contributed by atoms with Gasteiger partial charge in [-0.25, -0.2) is 0 Å². The maximum Gasteiger partial charge on any atom is 0.306 e. The van der Waals surface area contributed by atoms with Crippen LogP contribution in [0.3, 0.4) is 0 Å². The lowest BCUT2D eigenvalue weighted by atomic mass is 10.1. The van der Waals surface area contributed by atoms with Gasteiger partial charge >= 0.3 is 5.97 Å². The van der Waals surface area contributed by atoms with Crippen LogP contribution in [-0.2, 0) is 19.1 Å². The molecule has 112 valence electrons. The summed E-state index contributed by atoms with van der Waals surface area (Å²) in [5.74, 6) is -0.905. The second-order valence-corrected chi connectivity index (χ2v) is 4.90. The first kappa shape index (κ1) is 15.0. The summed E-state index contributed by atoms with van der Waals surface area (Å²) in [4.78, 5) is 36.9. The Morgan fingerprint density at radius 3 is 2.81 bits per heavy atom. The van der Waals surface area contributed by atoms with E-state index in [1.165, 1.54) is 4.90 Å². The number of carbonyl (C=O) groups excluding carboxylic acids is 3. The number of amides is 2. The van der Waals surface area contributed by atoms with E-state index in [0.29, 0.717) is 11.4 Å². The van der Waals surface area contributed by atoms with E-state index >= 15 is 0 Å². The summed E-state index contributed by atoms with van der Waals surface area (Å²) >= 11 is 0. The van der Waals surface area contributed by atoms with Gasteiger partial charge in [-0.3, -0.25) is 14.4 Å². The van der Waals surface area contributed by atoms with Gasteiger partial charge in [0.2, 0.25) is 5.91 Å². The van der Waals surface area contributed by atoms with Crippen LogP contribution in [0.15, 0.2) is 24.3 Å². The number of anilines is 2. The molecule has 1 aromatic rings. The molecule has 0 aromatic heterocycles. The van der Waals surface area contributed by atoms with Crippen molar-refractivity contribution in [1.82, 2.24) is 0 Å². The van der Waals surface area contributed by atoms with Crippen molar-refractivity contribution < 1.29 is 19.1 Å². The van der Waals surface area contributed by atoms with Crippen LogP contribution in [0.5, 0.6) is 0 Å². The van der Waals surface area contributed by atoms with Crippen LogP contribution in [0.25, 0.3) is 0 Å². The van der Waals surface area contributed by atoms with E-state index < -0.39 is 5.97 Å². The van der Waals surface area contributed by atoms with Crippen molar-refractivity contribution >= 4 is 29.2 Å². The Morgan fingerprint density at radius 2 is 2.10 bits per heavy atom. The summed E-state index contributed by atoms with van der Waals surface area (Å²) in [5, 5.41) is 2.77. The molecule has 1 aromatic carbocycles. The van der Waals surface area contributed by atoms with Crippen LogP contribution in [-0.4, -0.2) is 30.4 Å². The maximum atomic E-state index is 12.4. The molecule has 0 spiro atoms. The second kappa shape index (κ2) is 6.39. The van der Waals surface area contributed by atoms with E-state index in [0.717, 1.165) is 0 Å². The van der Waals surface area contributed by atoms with Crippen molar-refractivity contribution in [1.29, 1.82) is 0 Å². The molecule has 6 heteroatoms. The summed E-state index contributed by atoms with van der Waals surface area (Å²) in [6.07, 6.45) is 0.418. The Hall–Kier alpha value is -2.37. The molecule has 0 saturated carbocycles. The van der Waals surface area contributed by atoms with E-state index in [1.54, 1.807) is 38.1 Å². The summed E-state index contributed by atoms with van der Waals surface area (Å²) in [6.45, 7) is 3.14. The van der Waals surface area contributed by atoms with E-state index in [1.807, 2.05) is 0 Å². The lowest BCUT2D eigenvalue weighted by molar-refractivity contribution is -0.147. The number of carbonyl (C=O) groups is 3. The molecule has 0 unspecified atom stereocenters. The average Bonchev–Trinajstić information content (AvgIpc) is 2.58. The van der Waals surface area contributed by atoms with Crippen molar-refractivity contribution in [2.75, 3.05) is 16.8 Å². The first-order chi connectivity index (χ1) is 10.0. The first-order valence-corrected chi connectivity index (χ1v) is 6.89. The van der Waals surface area contributed by atoms with Gasteiger partial charge in [0.15, 0.2) is 6.61 Å². The largest absolute Gasteiger partial charge is 0.456 e. The van der Waals surface area contributed by atoms with Crippen molar-refractivity contribution in [3.63, 3.8) is 0 Å². The highest BCUT2D eigenvalue weighted by atomic mass is 16.5. The molecule has 1 atom stereocenters. The minimum absolute atomic E-state index is 0.143. The molecule has 1 aliphatic rings. The van der Waals surface area contributed by atoms with E-state index in [-0.39, 0.29) is 37.3 Å². The molecule has 0 fully saturated rings. The third-order valence-electron chi connectivity index (χ3n) is 3.27. The lowest BCUT2D eigenvalue weighted by Crippen LogP contribution is -2.41. The standard InChI is InChI=1S/C15H18N2O4/c1-3-15(20)21-9-14(19)17-10(2)8-13(18)16-11-6-4-5-7-12(11)17/h4-7,10H,3,8-9H2,1-2H3,(H,16,18)/t10-/m1/s1. The van der Waals surface area contributed by atoms with Gasteiger partial charge in [-0.05, 0) is 19.1 Å². The number of para-hydroxylation sites is 2. The van der Waals surface area contributed by atoms with E-state index in [4.69, 9.17) is 4.74 Å². The molecular weight excluding hydrogens is 272 g/mol. The zero-order valence-electron chi connectivity index (χ0n) is 12.1. The smallest absolute Gasteiger partial charge is 0.306 e. The molecule has 0 bridgehead atoms. The third kappa shape index (κ3) is 3.39. The highest BCUT2D eigenvalue weighted by Crippen LogP contribution is 2.31. The number of benzene rings is 1. The topological polar surface area (TPSA) is 75.7 Å². The Labute approximate surface area is 123 Å². The summed E-state index contributed by atoms with van der Waals surface area (Å²) in [6, 6.07) is 6.78. The fourth-order valence-electron chi connectivity index (χ4n) is 2.28. The Balaban J connectivity index is 2.25. The second-order valence-electron chi connectivity index (χ2n) is 4.90. The summed E-state index contributed by atoms with van der Waals surface area (Å²) in [7, 11) is 0. The van der Waals surface area contributed by atoms with Gasteiger partial charge in [0, 0.05) is 18.9 Å². The fraction of sp³-hybridized carbons (Fsp3) is 0.400. The minimum Gasteiger partial charge on any atom is -0.456 e. The lowest BCUT2D eigenvalue weighted by Gasteiger charge is -2.27. The molecule has 0 aliphatic carbocycles. The van der Waals surface area contributed by atoms with Crippen LogP contribution < -0.4 is 10.2 Å². The van der Waals surface area contributed by atoms with Crippen LogP contribution in [0, 0.1) is 0 Å². The fourth-order valence-corrected chi connectivity index (χ4v) is 2.28. The number of rotatable bonds is 3. The zero-order valence-corrected chi connectivity index (χ0v) is 12.1. The van der Waals surface area contributed by atoms with E-state index in [2.05, 4.69) is 5.32 Å². The highest BCUT2D eigenvalue weighted by Gasteiger charge is 2.29. The molecule has 0 saturated heterocycles. The van der Waals surface area contributed by atoms with Gasteiger partial charge in [0.05, 0.1) is 11.4 Å². The number of esters is 1. The Kier molecular flexibility index (Phi) is 4.57. The van der Waals surface area contributed by atoms with E-state index in [9.17, 15) is 14.4 Å². The first-order valence-electron chi connectivity index (χ1n) is 6.89. The van der Waals surface area contributed by atoms with Crippen LogP contribution in [0.4, 0.5) is 11.4 Å². The Morgan fingerprint density at radius 1 is 1.38 bits per heavy atom. The van der Waals surface area contributed by atoms with Gasteiger partial charge in [-0.15, -0.1) is 0 Å². The van der Waals surface area contributed by atoms with Crippen LogP contribution in [0.2, 0.25) is 0 Å². The SMILES string of the molecule is CCC(=O)OCC(=O)N1c2ccccc2NC(=O)C[C@H]1C. The molecule has 1 N–H and O–H groups in total. The predicted molar refractivity (Wildman–Crippen MR) is 77.9 cm³/mol. The van der Waals surface area contributed by atoms with Crippen molar-refractivity contribution in [3.8, 4) is 0 Å². The molecular formula is C15H18N2O4. The number of hydrogen-bond acceptors (Lipinski definition) is 4. The average molecular weight is 290 g/mol. The molecule has 1 heterocycles.